The van der Waals surface area contributed by atoms with Gasteiger partial charge in [-0.3, -0.25) is 0 Å². The van der Waals surface area contributed by atoms with Gasteiger partial charge in [-0.1, -0.05) is 29.8 Å². The van der Waals surface area contributed by atoms with E-state index >= 15 is 0 Å². The second-order valence-electron chi connectivity index (χ2n) is 6.21. The summed E-state index contributed by atoms with van der Waals surface area (Å²) in [5.74, 6) is 0. The van der Waals surface area contributed by atoms with Gasteiger partial charge in [-0.25, -0.2) is 0 Å². The van der Waals surface area contributed by atoms with Crippen molar-refractivity contribution in [3.05, 3.63) is 42.0 Å². The number of benzene rings is 2. The molecule has 1 saturated carbocycles. The number of fused-ring (bicyclic) bond motifs is 1. The van der Waals surface area contributed by atoms with Gasteiger partial charge >= 0.3 is 0 Å². The summed E-state index contributed by atoms with van der Waals surface area (Å²) in [5.41, 5.74) is 8.65. The first-order valence-electron chi connectivity index (χ1n) is 7.62. The minimum absolute atomic E-state index is 0.416. The standard InChI is InChI=1S/C18H24N2/c1-13-3-4-15-12-18(8-5-14(15)11-13)20(2)17-9-6-16(19)7-10-17/h3-5,8,11-12,16-17H,6-7,9-10,19H2,1-2H3. The highest BCUT2D eigenvalue weighted by Crippen LogP contribution is 2.28. The molecule has 1 fully saturated rings. The van der Waals surface area contributed by atoms with E-state index in [1.807, 2.05) is 0 Å². The third kappa shape index (κ3) is 2.66. The van der Waals surface area contributed by atoms with Crippen molar-refractivity contribution in [2.45, 2.75) is 44.7 Å². The lowest BCUT2D eigenvalue weighted by molar-refractivity contribution is 0.385. The molecule has 0 atom stereocenters. The minimum atomic E-state index is 0.416. The fraction of sp³-hybridized carbons (Fsp3) is 0.444. The van der Waals surface area contributed by atoms with E-state index in [1.54, 1.807) is 0 Å². The molecule has 2 heteroatoms. The molecule has 106 valence electrons. The summed E-state index contributed by atoms with van der Waals surface area (Å²) in [6, 6.07) is 14.5. The van der Waals surface area contributed by atoms with Crippen LogP contribution in [0.25, 0.3) is 10.8 Å². The van der Waals surface area contributed by atoms with Crippen LogP contribution < -0.4 is 10.6 Å². The molecule has 2 aromatic carbocycles. The summed E-state index contributed by atoms with van der Waals surface area (Å²) in [6.07, 6.45) is 4.73. The number of hydrogen-bond donors (Lipinski definition) is 1. The quantitative estimate of drug-likeness (QED) is 0.896. The average molecular weight is 268 g/mol. The van der Waals surface area contributed by atoms with E-state index in [4.69, 9.17) is 5.73 Å². The summed E-state index contributed by atoms with van der Waals surface area (Å²) in [7, 11) is 2.22. The Morgan fingerprint density at radius 2 is 1.60 bits per heavy atom. The maximum atomic E-state index is 6.01. The van der Waals surface area contributed by atoms with Crippen molar-refractivity contribution < 1.29 is 0 Å². The van der Waals surface area contributed by atoms with Gasteiger partial charge in [0, 0.05) is 24.8 Å². The zero-order valence-corrected chi connectivity index (χ0v) is 12.5. The Balaban J connectivity index is 1.84. The van der Waals surface area contributed by atoms with Crippen LogP contribution in [0, 0.1) is 6.92 Å². The molecule has 0 saturated heterocycles. The van der Waals surface area contributed by atoms with Crippen LogP contribution >= 0.6 is 0 Å². The first kappa shape index (κ1) is 13.4. The predicted molar refractivity (Wildman–Crippen MR) is 87.3 cm³/mol. The molecule has 0 amide bonds. The van der Waals surface area contributed by atoms with E-state index in [0.29, 0.717) is 12.1 Å². The van der Waals surface area contributed by atoms with Crippen LogP contribution in [0.4, 0.5) is 5.69 Å². The van der Waals surface area contributed by atoms with Crippen LogP contribution in [0.1, 0.15) is 31.2 Å². The van der Waals surface area contributed by atoms with Crippen molar-refractivity contribution >= 4 is 16.5 Å². The van der Waals surface area contributed by atoms with Crippen molar-refractivity contribution in [1.82, 2.24) is 0 Å². The summed E-state index contributed by atoms with van der Waals surface area (Å²) in [6.45, 7) is 2.14. The zero-order valence-electron chi connectivity index (χ0n) is 12.5. The van der Waals surface area contributed by atoms with Gasteiger partial charge in [-0.15, -0.1) is 0 Å². The maximum Gasteiger partial charge on any atom is 0.0372 e. The second kappa shape index (κ2) is 5.45. The molecule has 0 heterocycles. The molecule has 2 aromatic rings. The van der Waals surface area contributed by atoms with Gasteiger partial charge in [0.15, 0.2) is 0 Å². The van der Waals surface area contributed by atoms with Gasteiger partial charge in [0.25, 0.3) is 0 Å². The molecule has 0 bridgehead atoms. The topological polar surface area (TPSA) is 29.3 Å². The van der Waals surface area contributed by atoms with Gasteiger partial charge in [-0.2, -0.15) is 0 Å². The van der Waals surface area contributed by atoms with E-state index in [1.165, 1.54) is 34.9 Å². The Bertz CT molecular complexity index is 597. The van der Waals surface area contributed by atoms with Crippen LogP contribution in [0.15, 0.2) is 36.4 Å². The summed E-state index contributed by atoms with van der Waals surface area (Å²) in [5, 5.41) is 2.65. The van der Waals surface area contributed by atoms with Crippen molar-refractivity contribution in [3.8, 4) is 0 Å². The molecular formula is C18H24N2. The fourth-order valence-electron chi connectivity index (χ4n) is 3.27. The van der Waals surface area contributed by atoms with Gasteiger partial charge in [-0.05, 0) is 55.5 Å². The third-order valence-electron chi connectivity index (χ3n) is 4.68. The molecule has 3 rings (SSSR count). The molecule has 1 aliphatic rings. The van der Waals surface area contributed by atoms with E-state index < -0.39 is 0 Å². The van der Waals surface area contributed by atoms with Crippen molar-refractivity contribution in [2.75, 3.05) is 11.9 Å². The molecule has 0 unspecified atom stereocenters. The molecule has 1 aliphatic carbocycles. The first-order valence-corrected chi connectivity index (χ1v) is 7.62. The van der Waals surface area contributed by atoms with Gasteiger partial charge in [0.2, 0.25) is 0 Å². The number of rotatable bonds is 2. The lowest BCUT2D eigenvalue weighted by Gasteiger charge is -2.35. The van der Waals surface area contributed by atoms with E-state index in [9.17, 15) is 0 Å². The van der Waals surface area contributed by atoms with Crippen molar-refractivity contribution in [3.63, 3.8) is 0 Å². The Hall–Kier alpha value is -1.54. The lowest BCUT2D eigenvalue weighted by Crippen LogP contribution is -2.38. The summed E-state index contributed by atoms with van der Waals surface area (Å²) < 4.78 is 0. The molecular weight excluding hydrogens is 244 g/mol. The Morgan fingerprint density at radius 1 is 0.950 bits per heavy atom. The molecule has 20 heavy (non-hydrogen) atoms. The number of anilines is 1. The van der Waals surface area contributed by atoms with E-state index in [0.717, 1.165) is 12.8 Å². The van der Waals surface area contributed by atoms with Crippen molar-refractivity contribution in [2.24, 2.45) is 5.73 Å². The molecule has 2 N–H and O–H groups in total. The smallest absolute Gasteiger partial charge is 0.0372 e. The molecule has 2 nitrogen and oxygen atoms in total. The predicted octanol–water partition coefficient (Wildman–Crippen LogP) is 3.85. The SMILES string of the molecule is Cc1ccc2cc(N(C)C3CCC(N)CC3)ccc2c1. The normalized spacial score (nSPS) is 22.9. The number of aryl methyl sites for hydroxylation is 1. The van der Waals surface area contributed by atoms with Gasteiger partial charge in [0.1, 0.15) is 0 Å². The molecule has 0 aromatic heterocycles. The van der Waals surface area contributed by atoms with Gasteiger partial charge < -0.3 is 10.6 Å². The van der Waals surface area contributed by atoms with Crippen molar-refractivity contribution in [1.29, 1.82) is 0 Å². The average Bonchev–Trinajstić information content (AvgIpc) is 2.47. The number of nitrogens with zero attached hydrogens (tertiary/aromatic N) is 1. The van der Waals surface area contributed by atoms with Gasteiger partial charge in [0.05, 0.1) is 0 Å². The van der Waals surface area contributed by atoms with Crippen LogP contribution in [-0.4, -0.2) is 19.1 Å². The monoisotopic (exact) mass is 268 g/mol. The van der Waals surface area contributed by atoms with Crippen LogP contribution in [0.2, 0.25) is 0 Å². The van der Waals surface area contributed by atoms with E-state index in [-0.39, 0.29) is 0 Å². The van der Waals surface area contributed by atoms with Crippen LogP contribution in [-0.2, 0) is 0 Å². The third-order valence-corrected chi connectivity index (χ3v) is 4.68. The zero-order chi connectivity index (χ0) is 14.1. The van der Waals surface area contributed by atoms with Crippen LogP contribution in [0.5, 0.6) is 0 Å². The molecule has 0 spiro atoms. The Morgan fingerprint density at radius 3 is 2.35 bits per heavy atom. The maximum absolute atomic E-state index is 6.01. The highest BCUT2D eigenvalue weighted by molar-refractivity contribution is 5.86. The largest absolute Gasteiger partial charge is 0.372 e. The summed E-state index contributed by atoms with van der Waals surface area (Å²) in [4.78, 5) is 2.44. The number of nitrogens with two attached hydrogens (primary N) is 1. The number of hydrogen-bond acceptors (Lipinski definition) is 2. The molecule has 0 radical (unpaired) electrons. The fourth-order valence-corrected chi connectivity index (χ4v) is 3.27. The molecule has 0 aliphatic heterocycles. The Kier molecular flexibility index (Phi) is 3.66. The highest BCUT2D eigenvalue weighted by Gasteiger charge is 2.22. The minimum Gasteiger partial charge on any atom is -0.372 e. The highest BCUT2D eigenvalue weighted by atomic mass is 15.1. The second-order valence-corrected chi connectivity index (χ2v) is 6.21. The first-order chi connectivity index (χ1) is 9.63. The van der Waals surface area contributed by atoms with E-state index in [2.05, 4.69) is 55.3 Å². The summed E-state index contributed by atoms with van der Waals surface area (Å²) >= 11 is 0. The lowest BCUT2D eigenvalue weighted by atomic mass is 9.90. The Labute approximate surface area is 121 Å². The van der Waals surface area contributed by atoms with Crippen LogP contribution in [0.3, 0.4) is 0 Å².